The van der Waals surface area contributed by atoms with Crippen LogP contribution in [-0.2, 0) is 19.6 Å². The van der Waals surface area contributed by atoms with Gasteiger partial charge in [-0.2, -0.15) is 0 Å². The molecule has 4 atom stereocenters. The number of fused-ring (bicyclic) bond motifs is 2. The molecule has 0 unspecified atom stereocenters. The minimum absolute atomic E-state index is 0.0935. The molecule has 1 saturated heterocycles. The Hall–Kier alpha value is -1.48. The van der Waals surface area contributed by atoms with E-state index in [1.165, 1.54) is 18.3 Å². The molecule has 8 heteroatoms. The van der Waals surface area contributed by atoms with Gasteiger partial charge in [-0.25, -0.2) is 13.1 Å². The number of nitrogens with one attached hydrogen (secondary N) is 2. The maximum absolute atomic E-state index is 12.8. The molecule has 24 heavy (non-hydrogen) atoms. The lowest BCUT2D eigenvalue weighted by Crippen LogP contribution is -2.70. The average molecular weight is 366 g/mol. The van der Waals surface area contributed by atoms with Gasteiger partial charge in [-0.1, -0.05) is 18.2 Å². The minimum atomic E-state index is -3.63. The van der Waals surface area contributed by atoms with Crippen LogP contribution in [0.1, 0.15) is 13.3 Å². The number of hydrogen-bond acceptors (Lipinski definition) is 5. The maximum Gasteiger partial charge on any atom is 0.250 e. The van der Waals surface area contributed by atoms with E-state index in [0.29, 0.717) is 10.8 Å². The predicted octanol–water partition coefficient (Wildman–Crippen LogP) is 1.47. The SMILES string of the molecule is CC(=O)N[C@@H]1[C@@H](NS(=O)(=O)c2cc3ccccc3s2)[C@H]2CCO[C@H]21. The molecule has 1 saturated carbocycles. The van der Waals surface area contributed by atoms with Crippen LogP contribution in [0, 0.1) is 5.92 Å². The van der Waals surface area contributed by atoms with E-state index in [-0.39, 0.29) is 30.0 Å². The van der Waals surface area contributed by atoms with Gasteiger partial charge in [0.2, 0.25) is 15.9 Å². The highest BCUT2D eigenvalue weighted by Gasteiger charge is 2.55. The molecule has 0 spiro atoms. The van der Waals surface area contributed by atoms with E-state index in [0.717, 1.165) is 16.5 Å². The second-order valence-corrected chi connectivity index (χ2v) is 9.29. The number of ether oxygens (including phenoxy) is 1. The van der Waals surface area contributed by atoms with Crippen molar-refractivity contribution in [1.29, 1.82) is 0 Å². The van der Waals surface area contributed by atoms with E-state index in [4.69, 9.17) is 4.74 Å². The summed E-state index contributed by atoms with van der Waals surface area (Å²) >= 11 is 1.25. The standard InChI is InChI=1S/C16H18N2O4S2/c1-9(19)17-15-14(11-6-7-22-16(11)15)18-24(20,21)13-8-10-4-2-3-5-12(10)23-13/h2-5,8,11,14-16,18H,6-7H2,1H3,(H,17,19)/t11-,14+,15-,16-/m1/s1. The lowest BCUT2D eigenvalue weighted by Gasteiger charge is -2.47. The molecular formula is C16H18N2O4S2. The second-order valence-electron chi connectivity index (χ2n) is 6.26. The van der Waals surface area contributed by atoms with Crippen LogP contribution in [0.15, 0.2) is 34.5 Å². The van der Waals surface area contributed by atoms with Gasteiger partial charge in [0.15, 0.2) is 0 Å². The van der Waals surface area contributed by atoms with Gasteiger partial charge in [0.05, 0.1) is 18.2 Å². The van der Waals surface area contributed by atoms with Crippen LogP contribution in [0.4, 0.5) is 0 Å². The van der Waals surface area contributed by atoms with Gasteiger partial charge in [0, 0.05) is 24.1 Å². The highest BCUT2D eigenvalue weighted by Crippen LogP contribution is 2.40. The van der Waals surface area contributed by atoms with Gasteiger partial charge < -0.3 is 10.1 Å². The van der Waals surface area contributed by atoms with Crippen LogP contribution in [0.2, 0.25) is 0 Å². The van der Waals surface area contributed by atoms with Gasteiger partial charge >= 0.3 is 0 Å². The van der Waals surface area contributed by atoms with Crippen molar-refractivity contribution in [2.75, 3.05) is 6.61 Å². The van der Waals surface area contributed by atoms with E-state index in [9.17, 15) is 13.2 Å². The maximum atomic E-state index is 12.8. The Kier molecular flexibility index (Phi) is 3.87. The molecule has 0 bridgehead atoms. The number of hydrogen-bond donors (Lipinski definition) is 2. The van der Waals surface area contributed by atoms with E-state index < -0.39 is 10.0 Å². The summed E-state index contributed by atoms with van der Waals surface area (Å²) in [5.74, 6) is -0.0639. The number of carbonyl (C=O) groups is 1. The molecule has 128 valence electrons. The van der Waals surface area contributed by atoms with Crippen molar-refractivity contribution in [3.05, 3.63) is 30.3 Å². The molecule has 1 amide bonds. The van der Waals surface area contributed by atoms with Crippen molar-refractivity contribution < 1.29 is 17.9 Å². The van der Waals surface area contributed by atoms with Gasteiger partial charge in [-0.15, -0.1) is 11.3 Å². The molecule has 2 fully saturated rings. The Balaban J connectivity index is 1.59. The normalized spacial score (nSPS) is 29.2. The van der Waals surface area contributed by atoms with E-state index >= 15 is 0 Å². The molecule has 2 heterocycles. The lowest BCUT2D eigenvalue weighted by molar-refractivity contribution is -0.123. The van der Waals surface area contributed by atoms with Gasteiger partial charge in [0.1, 0.15) is 4.21 Å². The van der Waals surface area contributed by atoms with Crippen molar-refractivity contribution in [2.45, 2.75) is 35.7 Å². The van der Waals surface area contributed by atoms with Crippen LogP contribution in [0.3, 0.4) is 0 Å². The molecule has 4 rings (SSSR count). The van der Waals surface area contributed by atoms with Crippen molar-refractivity contribution in [3.63, 3.8) is 0 Å². The summed E-state index contributed by atoms with van der Waals surface area (Å²) < 4.78 is 35.2. The fourth-order valence-electron chi connectivity index (χ4n) is 3.60. The Bertz CT molecular complexity index is 859. The number of rotatable bonds is 4. The summed E-state index contributed by atoms with van der Waals surface area (Å²) in [5.41, 5.74) is 0. The monoisotopic (exact) mass is 366 g/mol. The van der Waals surface area contributed by atoms with Crippen LogP contribution in [0.25, 0.3) is 10.1 Å². The third kappa shape index (κ3) is 2.63. The second kappa shape index (κ2) is 5.80. The Morgan fingerprint density at radius 1 is 1.29 bits per heavy atom. The fraction of sp³-hybridized carbons (Fsp3) is 0.438. The van der Waals surface area contributed by atoms with Gasteiger partial charge in [0.25, 0.3) is 0 Å². The van der Waals surface area contributed by atoms with Crippen molar-refractivity contribution >= 4 is 37.4 Å². The van der Waals surface area contributed by atoms with E-state index in [1.807, 2.05) is 24.3 Å². The fourth-order valence-corrected chi connectivity index (χ4v) is 6.33. The Labute approximate surface area is 144 Å². The average Bonchev–Trinajstić information content (AvgIpc) is 3.15. The van der Waals surface area contributed by atoms with Crippen LogP contribution in [0.5, 0.6) is 0 Å². The Morgan fingerprint density at radius 2 is 2.08 bits per heavy atom. The van der Waals surface area contributed by atoms with E-state index in [2.05, 4.69) is 10.0 Å². The minimum Gasteiger partial charge on any atom is -0.376 e. The van der Waals surface area contributed by atoms with Crippen molar-refractivity contribution in [1.82, 2.24) is 10.0 Å². The number of benzene rings is 1. The first kappa shape index (κ1) is 16.0. The highest BCUT2D eigenvalue weighted by atomic mass is 32.2. The van der Waals surface area contributed by atoms with Crippen molar-refractivity contribution in [2.24, 2.45) is 5.92 Å². The largest absolute Gasteiger partial charge is 0.376 e. The Morgan fingerprint density at radius 3 is 2.83 bits per heavy atom. The first-order chi connectivity index (χ1) is 11.5. The summed E-state index contributed by atoms with van der Waals surface area (Å²) in [5, 5.41) is 3.73. The zero-order chi connectivity index (χ0) is 16.9. The smallest absolute Gasteiger partial charge is 0.250 e. The molecule has 0 radical (unpaired) electrons. The van der Waals surface area contributed by atoms with Crippen LogP contribution >= 0.6 is 11.3 Å². The molecule has 1 aromatic carbocycles. The summed E-state index contributed by atoms with van der Waals surface area (Å²) in [7, 11) is -3.63. The zero-order valence-electron chi connectivity index (χ0n) is 13.1. The topological polar surface area (TPSA) is 84.5 Å². The molecule has 2 aromatic rings. The molecule has 6 nitrogen and oxygen atoms in total. The highest BCUT2D eigenvalue weighted by molar-refractivity contribution is 7.91. The van der Waals surface area contributed by atoms with Crippen LogP contribution < -0.4 is 10.0 Å². The molecule has 2 aliphatic rings. The first-order valence-corrected chi connectivity index (χ1v) is 10.2. The molecule has 1 aliphatic carbocycles. The van der Waals surface area contributed by atoms with E-state index in [1.54, 1.807) is 6.07 Å². The summed E-state index contributed by atoms with van der Waals surface area (Å²) in [6.45, 7) is 2.03. The van der Waals surface area contributed by atoms with Gasteiger partial charge in [-0.3, -0.25) is 4.79 Å². The van der Waals surface area contributed by atoms with Crippen LogP contribution in [-0.4, -0.2) is 39.1 Å². The molecule has 2 N–H and O–H groups in total. The first-order valence-electron chi connectivity index (χ1n) is 7.85. The molecule has 1 aliphatic heterocycles. The predicted molar refractivity (Wildman–Crippen MR) is 91.4 cm³/mol. The number of thiophene rings is 1. The number of amides is 1. The molecular weight excluding hydrogens is 348 g/mol. The summed E-state index contributed by atoms with van der Waals surface area (Å²) in [6, 6.07) is 8.64. The molecule has 1 aromatic heterocycles. The number of sulfonamides is 1. The third-order valence-electron chi connectivity index (χ3n) is 4.71. The summed E-state index contributed by atoms with van der Waals surface area (Å²) in [6.07, 6.45) is 0.712. The number of carbonyl (C=O) groups excluding carboxylic acids is 1. The van der Waals surface area contributed by atoms with Gasteiger partial charge in [-0.05, 0) is 23.9 Å². The zero-order valence-corrected chi connectivity index (χ0v) is 14.7. The third-order valence-corrected chi connectivity index (χ3v) is 7.76. The quantitative estimate of drug-likeness (QED) is 0.858. The lowest BCUT2D eigenvalue weighted by atomic mass is 9.72. The summed E-state index contributed by atoms with van der Waals surface area (Å²) in [4.78, 5) is 11.4. The van der Waals surface area contributed by atoms with Crippen molar-refractivity contribution in [3.8, 4) is 0 Å².